The zero-order chi connectivity index (χ0) is 16.5. The van der Waals surface area contributed by atoms with Crippen LogP contribution in [0.15, 0.2) is 0 Å². The highest BCUT2D eigenvalue weighted by molar-refractivity contribution is 5.74. The van der Waals surface area contributed by atoms with Crippen molar-refractivity contribution in [3.8, 4) is 0 Å². The first kappa shape index (κ1) is 20.1. The molecular weight excluding hydrogens is 268 g/mol. The first-order chi connectivity index (χ1) is 9.66. The molecule has 0 aromatic heterocycles. The Kier molecular flexibility index (Phi) is 9.57. The van der Waals surface area contributed by atoms with E-state index in [0.717, 1.165) is 26.1 Å². The van der Waals surface area contributed by atoms with Crippen molar-refractivity contribution >= 4 is 6.03 Å². The Morgan fingerprint density at radius 3 is 2.29 bits per heavy atom. The fourth-order valence-electron chi connectivity index (χ4n) is 1.97. The lowest BCUT2D eigenvalue weighted by Crippen LogP contribution is -2.53. The minimum Gasteiger partial charge on any atom is -0.395 e. The summed E-state index contributed by atoms with van der Waals surface area (Å²) in [6.45, 7) is 9.48. The summed E-state index contributed by atoms with van der Waals surface area (Å²) in [6.07, 6.45) is 1.11. The normalized spacial score (nSPS) is 13.6. The van der Waals surface area contributed by atoms with E-state index in [0.29, 0.717) is 0 Å². The molecule has 0 saturated carbocycles. The van der Waals surface area contributed by atoms with E-state index < -0.39 is 0 Å². The molecule has 0 bridgehead atoms. The van der Waals surface area contributed by atoms with Gasteiger partial charge in [0, 0.05) is 19.1 Å². The van der Waals surface area contributed by atoms with Crippen molar-refractivity contribution < 1.29 is 9.90 Å². The van der Waals surface area contributed by atoms with Crippen molar-refractivity contribution in [2.75, 3.05) is 53.9 Å². The third-order valence-corrected chi connectivity index (χ3v) is 3.39. The second-order valence-electron chi connectivity index (χ2n) is 6.96. The van der Waals surface area contributed by atoms with Gasteiger partial charge in [0.15, 0.2) is 0 Å². The molecule has 126 valence electrons. The summed E-state index contributed by atoms with van der Waals surface area (Å²) in [5.41, 5.74) is -0.0215. The van der Waals surface area contributed by atoms with Crippen LogP contribution >= 0.6 is 0 Å². The number of nitrogens with zero attached hydrogens (tertiary/aromatic N) is 2. The Balaban J connectivity index is 4.33. The van der Waals surface area contributed by atoms with Gasteiger partial charge in [-0.05, 0) is 46.1 Å². The number of carbonyl (C=O) groups is 1. The van der Waals surface area contributed by atoms with Gasteiger partial charge >= 0.3 is 6.03 Å². The van der Waals surface area contributed by atoms with Gasteiger partial charge in [-0.1, -0.05) is 20.8 Å². The number of hydrogen-bond donors (Lipinski definition) is 3. The molecule has 6 nitrogen and oxygen atoms in total. The van der Waals surface area contributed by atoms with Crippen molar-refractivity contribution in [3.63, 3.8) is 0 Å². The maximum absolute atomic E-state index is 11.8. The molecule has 0 aromatic carbocycles. The zero-order valence-electron chi connectivity index (χ0n) is 14.6. The SMILES string of the molecule is CN(C)CCCN(C)C[C@@H](NC(=O)NCCO)C(C)(C)C. The van der Waals surface area contributed by atoms with Gasteiger partial charge in [0.2, 0.25) is 0 Å². The van der Waals surface area contributed by atoms with Crippen molar-refractivity contribution in [1.29, 1.82) is 0 Å². The largest absolute Gasteiger partial charge is 0.395 e. The summed E-state index contributed by atoms with van der Waals surface area (Å²) in [4.78, 5) is 16.2. The van der Waals surface area contributed by atoms with Gasteiger partial charge in [0.05, 0.1) is 6.61 Å². The number of rotatable bonds is 9. The number of likely N-dealkylation sites (N-methyl/N-ethyl adjacent to an activating group) is 1. The van der Waals surface area contributed by atoms with Gasteiger partial charge < -0.3 is 25.5 Å². The van der Waals surface area contributed by atoms with Crippen molar-refractivity contribution in [2.24, 2.45) is 5.41 Å². The second kappa shape index (κ2) is 9.97. The van der Waals surface area contributed by atoms with E-state index in [1.165, 1.54) is 0 Å². The maximum atomic E-state index is 11.8. The first-order valence-electron chi connectivity index (χ1n) is 7.65. The topological polar surface area (TPSA) is 67.8 Å². The maximum Gasteiger partial charge on any atom is 0.315 e. The lowest BCUT2D eigenvalue weighted by Gasteiger charge is -2.34. The molecule has 0 unspecified atom stereocenters. The number of aliphatic hydroxyl groups excluding tert-OH is 1. The standard InChI is InChI=1S/C15H34N4O2/c1-15(2,3)13(17-14(21)16-8-11-20)12-19(6)10-7-9-18(4)5/h13,20H,7-12H2,1-6H3,(H2,16,17,21)/t13-/m1/s1. The molecule has 0 fully saturated rings. The van der Waals surface area contributed by atoms with Crippen LogP contribution in [0.2, 0.25) is 0 Å². The van der Waals surface area contributed by atoms with E-state index in [4.69, 9.17) is 5.11 Å². The van der Waals surface area contributed by atoms with Crippen molar-refractivity contribution in [2.45, 2.75) is 33.2 Å². The first-order valence-corrected chi connectivity index (χ1v) is 7.65. The smallest absolute Gasteiger partial charge is 0.315 e. The lowest BCUT2D eigenvalue weighted by molar-refractivity contribution is 0.181. The van der Waals surface area contributed by atoms with Crippen LogP contribution in [-0.2, 0) is 0 Å². The Morgan fingerprint density at radius 1 is 1.19 bits per heavy atom. The van der Waals surface area contributed by atoms with E-state index >= 15 is 0 Å². The molecular formula is C15H34N4O2. The molecule has 0 aromatic rings. The van der Waals surface area contributed by atoms with E-state index in [9.17, 15) is 4.79 Å². The minimum atomic E-state index is -0.217. The monoisotopic (exact) mass is 302 g/mol. The number of carbonyl (C=O) groups excluding carboxylic acids is 1. The highest BCUT2D eigenvalue weighted by Gasteiger charge is 2.27. The Morgan fingerprint density at radius 2 is 1.81 bits per heavy atom. The van der Waals surface area contributed by atoms with Crippen molar-refractivity contribution in [3.05, 3.63) is 0 Å². The molecule has 0 spiro atoms. The molecule has 2 amide bonds. The molecule has 0 heterocycles. The number of nitrogens with one attached hydrogen (secondary N) is 2. The predicted molar refractivity (Wildman–Crippen MR) is 87.5 cm³/mol. The average molecular weight is 302 g/mol. The van der Waals surface area contributed by atoms with Crippen LogP contribution in [0.3, 0.4) is 0 Å². The quantitative estimate of drug-likeness (QED) is 0.583. The Hall–Kier alpha value is -0.850. The van der Waals surface area contributed by atoms with E-state index in [-0.39, 0.29) is 30.6 Å². The predicted octanol–water partition coefficient (Wildman–Crippen LogP) is 0.576. The van der Waals surface area contributed by atoms with E-state index in [1.807, 2.05) is 0 Å². The molecule has 6 heteroatoms. The van der Waals surface area contributed by atoms with Gasteiger partial charge in [-0.25, -0.2) is 4.79 Å². The van der Waals surface area contributed by atoms with Gasteiger partial charge in [-0.2, -0.15) is 0 Å². The Labute approximate surface area is 129 Å². The van der Waals surface area contributed by atoms with Gasteiger partial charge in [0.1, 0.15) is 0 Å². The zero-order valence-corrected chi connectivity index (χ0v) is 14.6. The molecule has 21 heavy (non-hydrogen) atoms. The fraction of sp³-hybridized carbons (Fsp3) is 0.933. The third kappa shape index (κ3) is 10.5. The average Bonchev–Trinajstić information content (AvgIpc) is 2.34. The van der Waals surface area contributed by atoms with Crippen LogP contribution in [-0.4, -0.2) is 80.9 Å². The summed E-state index contributed by atoms with van der Waals surface area (Å²) in [5.74, 6) is 0. The molecule has 3 N–H and O–H groups in total. The van der Waals surface area contributed by atoms with Crippen LogP contribution in [0.1, 0.15) is 27.2 Å². The van der Waals surface area contributed by atoms with Gasteiger partial charge in [0.25, 0.3) is 0 Å². The van der Waals surface area contributed by atoms with Crippen LogP contribution < -0.4 is 10.6 Å². The fourth-order valence-corrected chi connectivity index (χ4v) is 1.97. The van der Waals surface area contributed by atoms with E-state index in [2.05, 4.69) is 62.3 Å². The van der Waals surface area contributed by atoms with Crippen molar-refractivity contribution in [1.82, 2.24) is 20.4 Å². The number of aliphatic hydroxyl groups is 1. The number of amides is 2. The molecule has 0 aliphatic rings. The summed E-state index contributed by atoms with van der Waals surface area (Å²) < 4.78 is 0. The van der Waals surface area contributed by atoms with Gasteiger partial charge in [-0.3, -0.25) is 0 Å². The molecule has 0 radical (unpaired) electrons. The molecule has 0 aliphatic carbocycles. The molecule has 0 rings (SSSR count). The van der Waals surface area contributed by atoms with Crippen LogP contribution in [0.4, 0.5) is 4.79 Å². The third-order valence-electron chi connectivity index (χ3n) is 3.39. The second-order valence-corrected chi connectivity index (χ2v) is 6.96. The van der Waals surface area contributed by atoms with Crippen LogP contribution in [0.25, 0.3) is 0 Å². The highest BCUT2D eigenvalue weighted by Crippen LogP contribution is 2.20. The summed E-state index contributed by atoms with van der Waals surface area (Å²) in [6, 6.07) is -0.161. The van der Waals surface area contributed by atoms with E-state index in [1.54, 1.807) is 0 Å². The van der Waals surface area contributed by atoms with Gasteiger partial charge in [-0.15, -0.1) is 0 Å². The number of urea groups is 1. The summed E-state index contributed by atoms with van der Waals surface area (Å²) in [7, 11) is 6.23. The minimum absolute atomic E-state index is 0.0215. The lowest BCUT2D eigenvalue weighted by atomic mass is 9.86. The molecule has 0 aliphatic heterocycles. The highest BCUT2D eigenvalue weighted by atomic mass is 16.3. The molecule has 0 saturated heterocycles. The van der Waals surface area contributed by atoms with Crippen LogP contribution in [0.5, 0.6) is 0 Å². The van der Waals surface area contributed by atoms with Crippen LogP contribution in [0, 0.1) is 5.41 Å². The Bertz CT molecular complexity index is 290. The molecule has 1 atom stereocenters. The summed E-state index contributed by atoms with van der Waals surface area (Å²) >= 11 is 0. The summed E-state index contributed by atoms with van der Waals surface area (Å²) in [5, 5.41) is 14.4. The number of hydrogen-bond acceptors (Lipinski definition) is 4.